The monoisotopic (exact) mass is 202 g/mol. The van der Waals surface area contributed by atoms with Gasteiger partial charge in [0, 0.05) is 43.0 Å². The maximum atomic E-state index is 10.4. The smallest absolute Gasteiger partial charge is 0.0865 e. The molecule has 2 heterocycles. The van der Waals surface area contributed by atoms with Gasteiger partial charge in [-0.1, -0.05) is 0 Å². The summed E-state index contributed by atoms with van der Waals surface area (Å²) in [6.45, 7) is 2.42. The van der Waals surface area contributed by atoms with E-state index in [2.05, 4.69) is 11.9 Å². The van der Waals surface area contributed by atoms with Crippen LogP contribution in [-0.2, 0) is 0 Å². The SMILES string of the molecule is CN1CC2CSCC(C1)C2(O)CN. The summed E-state index contributed by atoms with van der Waals surface area (Å²) in [6.07, 6.45) is 0. The molecular weight excluding hydrogens is 184 g/mol. The summed E-state index contributed by atoms with van der Waals surface area (Å²) < 4.78 is 0. The van der Waals surface area contributed by atoms with Crippen molar-refractivity contribution in [2.24, 2.45) is 17.6 Å². The van der Waals surface area contributed by atoms with E-state index in [9.17, 15) is 5.11 Å². The summed E-state index contributed by atoms with van der Waals surface area (Å²) >= 11 is 1.96. The predicted molar refractivity (Wildman–Crippen MR) is 55.8 cm³/mol. The fourth-order valence-electron chi connectivity index (χ4n) is 2.56. The first-order chi connectivity index (χ1) is 6.16. The first-order valence-electron chi connectivity index (χ1n) is 4.85. The average molecular weight is 202 g/mol. The lowest BCUT2D eigenvalue weighted by Gasteiger charge is -2.51. The lowest BCUT2D eigenvalue weighted by Crippen LogP contribution is -2.64. The van der Waals surface area contributed by atoms with Gasteiger partial charge in [-0.3, -0.25) is 0 Å². The normalized spacial score (nSPS) is 46.4. The molecule has 0 radical (unpaired) electrons. The van der Waals surface area contributed by atoms with Crippen molar-refractivity contribution in [3.63, 3.8) is 0 Å². The van der Waals surface area contributed by atoms with Gasteiger partial charge in [-0.05, 0) is 7.05 Å². The van der Waals surface area contributed by atoms with Crippen molar-refractivity contribution in [1.82, 2.24) is 4.90 Å². The molecule has 3 nitrogen and oxygen atoms in total. The Morgan fingerprint density at radius 2 is 2.00 bits per heavy atom. The van der Waals surface area contributed by atoms with Crippen LogP contribution in [0.2, 0.25) is 0 Å². The van der Waals surface area contributed by atoms with Gasteiger partial charge in [0.15, 0.2) is 0 Å². The van der Waals surface area contributed by atoms with Gasteiger partial charge < -0.3 is 15.7 Å². The van der Waals surface area contributed by atoms with Gasteiger partial charge in [-0.15, -0.1) is 0 Å². The molecule has 2 bridgehead atoms. The van der Waals surface area contributed by atoms with Crippen molar-refractivity contribution in [1.29, 1.82) is 0 Å². The molecule has 0 spiro atoms. The Hall–Kier alpha value is 0.230. The molecule has 2 aliphatic heterocycles. The maximum absolute atomic E-state index is 10.4. The van der Waals surface area contributed by atoms with Crippen LogP contribution >= 0.6 is 11.8 Å². The average Bonchev–Trinajstić information content (AvgIpc) is 2.08. The van der Waals surface area contributed by atoms with Crippen LogP contribution in [-0.4, -0.2) is 53.8 Å². The second-order valence-electron chi connectivity index (χ2n) is 4.35. The fraction of sp³-hybridized carbons (Fsp3) is 1.00. The Balaban J connectivity index is 2.19. The van der Waals surface area contributed by atoms with Crippen LogP contribution in [0.4, 0.5) is 0 Å². The quantitative estimate of drug-likeness (QED) is 0.607. The van der Waals surface area contributed by atoms with Gasteiger partial charge in [0.05, 0.1) is 5.60 Å². The van der Waals surface area contributed by atoms with Crippen LogP contribution in [0, 0.1) is 11.8 Å². The molecule has 13 heavy (non-hydrogen) atoms. The third kappa shape index (κ3) is 1.50. The summed E-state index contributed by atoms with van der Waals surface area (Å²) in [6, 6.07) is 0. The summed E-state index contributed by atoms with van der Waals surface area (Å²) in [5, 5.41) is 10.4. The minimum Gasteiger partial charge on any atom is -0.388 e. The lowest BCUT2D eigenvalue weighted by atomic mass is 9.74. The highest BCUT2D eigenvalue weighted by atomic mass is 32.2. The Labute approximate surface area is 83.7 Å². The molecule has 0 aliphatic carbocycles. The number of hydrogen-bond acceptors (Lipinski definition) is 4. The zero-order valence-corrected chi connectivity index (χ0v) is 8.89. The van der Waals surface area contributed by atoms with Gasteiger partial charge in [0.2, 0.25) is 0 Å². The van der Waals surface area contributed by atoms with Crippen LogP contribution in [0.3, 0.4) is 0 Å². The van der Waals surface area contributed by atoms with E-state index in [1.807, 2.05) is 11.8 Å². The zero-order chi connectivity index (χ0) is 9.47. The minimum atomic E-state index is -0.572. The van der Waals surface area contributed by atoms with Crippen LogP contribution in [0.25, 0.3) is 0 Å². The topological polar surface area (TPSA) is 49.5 Å². The Morgan fingerprint density at radius 1 is 1.46 bits per heavy atom. The molecule has 0 aromatic heterocycles. The number of aliphatic hydroxyl groups is 1. The number of likely N-dealkylation sites (tertiary alicyclic amines) is 1. The van der Waals surface area contributed by atoms with Crippen molar-refractivity contribution in [3.05, 3.63) is 0 Å². The van der Waals surface area contributed by atoms with Crippen LogP contribution in [0.5, 0.6) is 0 Å². The zero-order valence-electron chi connectivity index (χ0n) is 8.07. The van der Waals surface area contributed by atoms with Crippen molar-refractivity contribution >= 4 is 11.8 Å². The molecule has 0 aromatic rings. The van der Waals surface area contributed by atoms with Crippen LogP contribution in [0.15, 0.2) is 0 Å². The highest BCUT2D eigenvalue weighted by molar-refractivity contribution is 7.99. The number of nitrogens with zero attached hydrogens (tertiary/aromatic N) is 1. The molecule has 4 heteroatoms. The summed E-state index contributed by atoms with van der Waals surface area (Å²) in [5.74, 6) is 2.88. The van der Waals surface area contributed by atoms with Crippen molar-refractivity contribution < 1.29 is 5.11 Å². The number of hydrogen-bond donors (Lipinski definition) is 2. The highest BCUT2D eigenvalue weighted by Gasteiger charge is 2.49. The second kappa shape index (κ2) is 3.42. The fourth-order valence-corrected chi connectivity index (χ4v) is 4.05. The molecule has 2 unspecified atom stereocenters. The number of thioether (sulfide) groups is 1. The van der Waals surface area contributed by atoms with E-state index < -0.39 is 5.60 Å². The van der Waals surface area contributed by atoms with Crippen LogP contribution in [0.1, 0.15) is 0 Å². The largest absolute Gasteiger partial charge is 0.388 e. The first-order valence-corrected chi connectivity index (χ1v) is 6.01. The first kappa shape index (κ1) is 9.77. The van der Waals surface area contributed by atoms with Gasteiger partial charge in [-0.25, -0.2) is 0 Å². The molecule has 0 saturated carbocycles. The molecular formula is C9H18N2OS. The molecule has 2 atom stereocenters. The van der Waals surface area contributed by atoms with Gasteiger partial charge in [0.25, 0.3) is 0 Å². The highest BCUT2D eigenvalue weighted by Crippen LogP contribution is 2.40. The van der Waals surface area contributed by atoms with E-state index in [4.69, 9.17) is 5.73 Å². The summed E-state index contributed by atoms with van der Waals surface area (Å²) in [4.78, 5) is 2.32. The van der Waals surface area contributed by atoms with Crippen molar-refractivity contribution in [2.75, 3.05) is 38.2 Å². The van der Waals surface area contributed by atoms with E-state index in [-0.39, 0.29) is 0 Å². The summed E-state index contributed by atoms with van der Waals surface area (Å²) in [5.41, 5.74) is 5.12. The van der Waals surface area contributed by atoms with E-state index in [1.165, 1.54) is 0 Å². The summed E-state index contributed by atoms with van der Waals surface area (Å²) in [7, 11) is 2.13. The molecule has 0 aromatic carbocycles. The lowest BCUT2D eigenvalue weighted by molar-refractivity contribution is -0.0935. The standard InChI is InChI=1S/C9H18N2OS/c1-11-2-7-4-13-5-8(3-11)9(7,12)6-10/h7-8,12H,2-6,10H2,1H3. The molecule has 76 valence electrons. The maximum Gasteiger partial charge on any atom is 0.0865 e. The van der Waals surface area contributed by atoms with Gasteiger partial charge >= 0.3 is 0 Å². The second-order valence-corrected chi connectivity index (χ2v) is 5.42. The molecule has 2 rings (SSSR count). The number of nitrogens with two attached hydrogens (primary N) is 1. The van der Waals surface area contributed by atoms with Gasteiger partial charge in [0.1, 0.15) is 0 Å². The third-order valence-corrected chi connectivity index (χ3v) is 4.72. The number of rotatable bonds is 1. The van der Waals surface area contributed by atoms with E-state index in [1.54, 1.807) is 0 Å². The van der Waals surface area contributed by atoms with Crippen molar-refractivity contribution in [3.8, 4) is 0 Å². The van der Waals surface area contributed by atoms with Crippen LogP contribution < -0.4 is 5.73 Å². The third-order valence-electron chi connectivity index (χ3n) is 3.44. The minimum absolute atomic E-state index is 0.375. The Kier molecular flexibility index (Phi) is 2.57. The number of fused-ring (bicyclic) bond motifs is 2. The van der Waals surface area contributed by atoms with E-state index in [0.29, 0.717) is 18.4 Å². The van der Waals surface area contributed by atoms with Crippen molar-refractivity contribution in [2.45, 2.75) is 5.60 Å². The molecule has 2 aliphatic rings. The molecule has 2 saturated heterocycles. The molecule has 2 fully saturated rings. The Bertz CT molecular complexity index is 186. The predicted octanol–water partition coefficient (Wildman–Crippen LogP) is -0.399. The van der Waals surface area contributed by atoms with E-state index in [0.717, 1.165) is 24.6 Å². The Morgan fingerprint density at radius 3 is 2.46 bits per heavy atom. The van der Waals surface area contributed by atoms with Gasteiger partial charge in [-0.2, -0.15) is 11.8 Å². The number of piperidine rings is 1. The van der Waals surface area contributed by atoms with E-state index >= 15 is 0 Å². The molecule has 0 amide bonds. The molecule has 3 N–H and O–H groups in total.